The zero-order valence-corrected chi connectivity index (χ0v) is 5.66. The summed E-state index contributed by atoms with van der Waals surface area (Å²) < 4.78 is 0. The van der Waals surface area contributed by atoms with Crippen LogP contribution in [-0.4, -0.2) is 22.1 Å². The molecule has 1 fully saturated rings. The second-order valence-electron chi connectivity index (χ2n) is 2.41. The molecule has 60 valence electrons. The summed E-state index contributed by atoms with van der Waals surface area (Å²) in [5.74, 6) is -0.0494. The number of carbonyl (C=O) groups is 1. The first-order valence-corrected chi connectivity index (χ1v) is 3.28. The van der Waals surface area contributed by atoms with Gasteiger partial charge in [0.25, 0.3) is 0 Å². The van der Waals surface area contributed by atoms with Gasteiger partial charge in [-0.05, 0) is 6.08 Å². The average Bonchev–Trinajstić information content (AvgIpc) is 2.41. The molecule has 0 radical (unpaired) electrons. The minimum Gasteiger partial charge on any atom is -0.480 e. The second-order valence-corrected chi connectivity index (χ2v) is 2.41. The Balaban J connectivity index is 2.15. The first-order valence-electron chi connectivity index (χ1n) is 3.28. The molecule has 0 aromatic heterocycles. The van der Waals surface area contributed by atoms with Crippen molar-refractivity contribution in [2.45, 2.75) is 12.5 Å². The van der Waals surface area contributed by atoms with Crippen molar-refractivity contribution in [3.05, 3.63) is 11.9 Å². The molecular formula is C5H8N4O2. The minimum absolute atomic E-state index is 0.493. The molecule has 2 heterocycles. The van der Waals surface area contributed by atoms with Gasteiger partial charge in [0.1, 0.15) is 11.9 Å². The number of rotatable bonds is 1. The lowest BCUT2D eigenvalue weighted by Crippen LogP contribution is -2.44. The minimum atomic E-state index is -0.825. The quantitative estimate of drug-likeness (QED) is 0.371. The van der Waals surface area contributed by atoms with Gasteiger partial charge in [-0.3, -0.25) is 10.4 Å². The molecule has 0 bridgehead atoms. The van der Waals surface area contributed by atoms with Crippen LogP contribution in [0.5, 0.6) is 0 Å². The summed E-state index contributed by atoms with van der Waals surface area (Å²) in [5.41, 5.74) is 8.04. The smallest absolute Gasteiger partial charge is 0.328 e. The van der Waals surface area contributed by atoms with Crippen LogP contribution in [0.3, 0.4) is 0 Å². The number of nitrogens with one attached hydrogen (secondary N) is 3. The zero-order chi connectivity index (χ0) is 7.84. The van der Waals surface area contributed by atoms with E-state index in [1.54, 1.807) is 5.01 Å². The van der Waals surface area contributed by atoms with Crippen LogP contribution in [0.25, 0.3) is 0 Å². The van der Waals surface area contributed by atoms with Gasteiger partial charge in [0, 0.05) is 6.42 Å². The molecule has 0 aromatic rings. The summed E-state index contributed by atoms with van der Waals surface area (Å²) in [6.07, 6.45) is 2.36. The van der Waals surface area contributed by atoms with Gasteiger partial charge in [0.15, 0.2) is 0 Å². The van der Waals surface area contributed by atoms with E-state index in [1.165, 1.54) is 0 Å². The van der Waals surface area contributed by atoms with E-state index in [9.17, 15) is 4.79 Å². The summed E-state index contributed by atoms with van der Waals surface area (Å²) >= 11 is 0. The molecular weight excluding hydrogens is 148 g/mol. The van der Waals surface area contributed by atoms with Crippen LogP contribution in [0.2, 0.25) is 0 Å². The van der Waals surface area contributed by atoms with Crippen LogP contribution in [0.15, 0.2) is 11.9 Å². The zero-order valence-electron chi connectivity index (χ0n) is 5.66. The molecule has 4 N–H and O–H groups in total. The largest absolute Gasteiger partial charge is 0.480 e. The number of aliphatic carboxylic acids is 1. The molecule has 11 heavy (non-hydrogen) atoms. The van der Waals surface area contributed by atoms with Gasteiger partial charge in [-0.1, -0.05) is 0 Å². The van der Waals surface area contributed by atoms with Crippen LogP contribution < -0.4 is 16.5 Å². The molecule has 2 aliphatic heterocycles. The fourth-order valence-corrected chi connectivity index (χ4v) is 1.21. The van der Waals surface area contributed by atoms with Gasteiger partial charge in [0.05, 0.1) is 0 Å². The SMILES string of the molecule is O=C(O)C1CC=C2NNNN21. The first-order chi connectivity index (χ1) is 5.29. The highest BCUT2D eigenvalue weighted by Gasteiger charge is 2.34. The topological polar surface area (TPSA) is 76.6 Å². The number of carboxylic acid groups (broad SMARTS) is 1. The fourth-order valence-electron chi connectivity index (χ4n) is 1.21. The standard InChI is InChI=1S/C5H8N4O2/c10-5(11)3-1-2-4-6-7-8-9(3)4/h2-3,6-8H,1H2,(H,10,11). The summed E-state index contributed by atoms with van der Waals surface area (Å²) in [4.78, 5) is 10.6. The molecule has 6 heteroatoms. The van der Waals surface area contributed by atoms with E-state index in [2.05, 4.69) is 16.5 Å². The summed E-state index contributed by atoms with van der Waals surface area (Å²) in [7, 11) is 0. The lowest BCUT2D eigenvalue weighted by atomic mass is 10.2. The van der Waals surface area contributed by atoms with Crippen molar-refractivity contribution < 1.29 is 9.90 Å². The number of fused-ring (bicyclic) bond motifs is 1. The number of hydrazine groups is 3. The second kappa shape index (κ2) is 2.11. The summed E-state index contributed by atoms with van der Waals surface area (Å²) in [5, 5.41) is 10.2. The number of hydrogen-bond donors (Lipinski definition) is 4. The normalized spacial score (nSPS) is 27.8. The van der Waals surface area contributed by atoms with Crippen molar-refractivity contribution in [1.82, 2.24) is 21.5 Å². The van der Waals surface area contributed by atoms with E-state index in [0.717, 1.165) is 5.82 Å². The van der Waals surface area contributed by atoms with Crippen molar-refractivity contribution >= 4 is 5.97 Å². The molecule has 2 rings (SSSR count). The van der Waals surface area contributed by atoms with Gasteiger partial charge in [-0.25, -0.2) is 4.79 Å². The van der Waals surface area contributed by atoms with Crippen molar-refractivity contribution in [3.8, 4) is 0 Å². The first kappa shape index (κ1) is 6.44. The highest BCUT2D eigenvalue weighted by atomic mass is 16.4. The molecule has 2 aliphatic rings. The molecule has 1 unspecified atom stereocenters. The van der Waals surface area contributed by atoms with Crippen LogP contribution >= 0.6 is 0 Å². The third kappa shape index (κ3) is 0.837. The molecule has 0 saturated carbocycles. The fraction of sp³-hybridized carbons (Fsp3) is 0.400. The van der Waals surface area contributed by atoms with Crippen molar-refractivity contribution in [2.24, 2.45) is 0 Å². The molecule has 6 nitrogen and oxygen atoms in total. The Morgan fingerprint density at radius 2 is 2.64 bits per heavy atom. The third-order valence-corrected chi connectivity index (χ3v) is 1.76. The van der Waals surface area contributed by atoms with Crippen molar-refractivity contribution in [2.75, 3.05) is 0 Å². The Hall–Kier alpha value is -1.27. The summed E-state index contributed by atoms with van der Waals surface area (Å²) in [6.45, 7) is 0. The van der Waals surface area contributed by atoms with Gasteiger partial charge < -0.3 is 5.11 Å². The van der Waals surface area contributed by atoms with Crippen molar-refractivity contribution in [1.29, 1.82) is 0 Å². The Bertz CT molecular complexity index is 227. The van der Waals surface area contributed by atoms with Gasteiger partial charge in [0.2, 0.25) is 0 Å². The van der Waals surface area contributed by atoms with Crippen LogP contribution in [0.4, 0.5) is 0 Å². The van der Waals surface area contributed by atoms with E-state index in [1.807, 2.05) is 6.08 Å². The lowest BCUT2D eigenvalue weighted by molar-refractivity contribution is -0.142. The van der Waals surface area contributed by atoms with E-state index >= 15 is 0 Å². The maximum atomic E-state index is 10.6. The van der Waals surface area contributed by atoms with E-state index in [4.69, 9.17) is 5.11 Å². The molecule has 0 aromatic carbocycles. The lowest BCUT2D eigenvalue weighted by Gasteiger charge is -2.17. The predicted molar refractivity (Wildman–Crippen MR) is 35.4 cm³/mol. The van der Waals surface area contributed by atoms with E-state index in [0.29, 0.717) is 6.42 Å². The summed E-state index contributed by atoms with van der Waals surface area (Å²) in [6, 6.07) is -0.493. The molecule has 0 amide bonds. The van der Waals surface area contributed by atoms with Gasteiger partial charge in [-0.15, -0.1) is 5.53 Å². The highest BCUT2D eigenvalue weighted by molar-refractivity contribution is 5.74. The number of hydrogen-bond acceptors (Lipinski definition) is 5. The van der Waals surface area contributed by atoms with E-state index < -0.39 is 12.0 Å². The number of carboxylic acids is 1. The Morgan fingerprint density at radius 1 is 1.82 bits per heavy atom. The predicted octanol–water partition coefficient (Wildman–Crippen LogP) is -1.49. The Labute approximate surface area is 62.8 Å². The Morgan fingerprint density at radius 3 is 3.36 bits per heavy atom. The maximum Gasteiger partial charge on any atom is 0.328 e. The van der Waals surface area contributed by atoms with Crippen LogP contribution in [0, 0.1) is 0 Å². The number of nitrogens with zero attached hydrogens (tertiary/aromatic N) is 1. The molecule has 1 saturated heterocycles. The van der Waals surface area contributed by atoms with Crippen LogP contribution in [-0.2, 0) is 4.79 Å². The monoisotopic (exact) mass is 156 g/mol. The Kier molecular flexibility index (Phi) is 1.23. The van der Waals surface area contributed by atoms with E-state index in [-0.39, 0.29) is 0 Å². The van der Waals surface area contributed by atoms with Gasteiger partial charge in [-0.2, -0.15) is 5.53 Å². The van der Waals surface area contributed by atoms with Crippen molar-refractivity contribution in [3.63, 3.8) is 0 Å². The third-order valence-electron chi connectivity index (χ3n) is 1.76. The maximum absolute atomic E-state index is 10.6. The average molecular weight is 156 g/mol. The highest BCUT2D eigenvalue weighted by Crippen LogP contribution is 2.18. The molecule has 0 spiro atoms. The molecule has 1 atom stereocenters. The molecule has 0 aliphatic carbocycles. The van der Waals surface area contributed by atoms with Crippen LogP contribution in [0.1, 0.15) is 6.42 Å². The van der Waals surface area contributed by atoms with Gasteiger partial charge >= 0.3 is 5.97 Å².